The molecule has 0 unspecified atom stereocenters. The van der Waals surface area contributed by atoms with E-state index < -0.39 is 10.0 Å². The minimum absolute atomic E-state index is 0.0138. The Morgan fingerprint density at radius 2 is 1.63 bits per heavy atom. The third-order valence-corrected chi connectivity index (χ3v) is 7.30. The van der Waals surface area contributed by atoms with Crippen molar-refractivity contribution in [1.29, 1.82) is 0 Å². The lowest BCUT2D eigenvalue weighted by atomic mass is 10.1. The molecule has 1 saturated carbocycles. The second kappa shape index (κ2) is 8.39. The van der Waals surface area contributed by atoms with E-state index in [-0.39, 0.29) is 42.3 Å². The van der Waals surface area contributed by atoms with Gasteiger partial charge in [0.15, 0.2) is 0 Å². The summed E-state index contributed by atoms with van der Waals surface area (Å²) in [6.45, 7) is 3.09. The third kappa shape index (κ3) is 4.68. The zero-order valence-corrected chi connectivity index (χ0v) is 16.5. The molecule has 0 spiro atoms. The normalized spacial score (nSPS) is 19.2. The Bertz CT molecular complexity index is 778. The highest BCUT2D eigenvalue weighted by Crippen LogP contribution is 2.24. The van der Waals surface area contributed by atoms with Crippen molar-refractivity contribution < 1.29 is 18.0 Å². The SMILES string of the molecule is Cc1ccc(S(=O)(=O)N2CCN(C(=O)CNC(=O)C3CCCC3)CC2)cc1. The lowest BCUT2D eigenvalue weighted by molar-refractivity contribution is -0.134. The summed E-state index contributed by atoms with van der Waals surface area (Å²) in [7, 11) is -3.54. The molecule has 1 aromatic rings. The van der Waals surface area contributed by atoms with E-state index in [9.17, 15) is 18.0 Å². The van der Waals surface area contributed by atoms with Crippen molar-refractivity contribution in [2.24, 2.45) is 5.92 Å². The Balaban J connectivity index is 1.49. The van der Waals surface area contributed by atoms with Crippen LogP contribution in [0.15, 0.2) is 29.2 Å². The number of hydrogen-bond donors (Lipinski definition) is 1. The summed E-state index contributed by atoms with van der Waals surface area (Å²) in [5, 5.41) is 2.73. The standard InChI is InChI=1S/C19H27N3O4S/c1-15-6-8-17(9-7-15)27(25,26)22-12-10-21(11-13-22)18(23)14-20-19(24)16-4-2-3-5-16/h6-9,16H,2-5,10-14H2,1H3,(H,20,24). The van der Waals surface area contributed by atoms with Crippen LogP contribution in [0.1, 0.15) is 31.2 Å². The molecular weight excluding hydrogens is 366 g/mol. The van der Waals surface area contributed by atoms with Gasteiger partial charge in [0.05, 0.1) is 11.4 Å². The number of nitrogens with zero attached hydrogens (tertiary/aromatic N) is 2. The summed E-state index contributed by atoms with van der Waals surface area (Å²) in [5.41, 5.74) is 1.00. The van der Waals surface area contributed by atoms with Gasteiger partial charge in [0.1, 0.15) is 0 Å². The topological polar surface area (TPSA) is 86.8 Å². The molecule has 0 atom stereocenters. The van der Waals surface area contributed by atoms with Gasteiger partial charge in [-0.15, -0.1) is 0 Å². The molecule has 7 nitrogen and oxygen atoms in total. The maximum absolute atomic E-state index is 12.7. The minimum atomic E-state index is -3.54. The molecule has 2 fully saturated rings. The molecule has 1 saturated heterocycles. The second-order valence-electron chi connectivity index (χ2n) is 7.30. The van der Waals surface area contributed by atoms with E-state index >= 15 is 0 Å². The van der Waals surface area contributed by atoms with E-state index in [0.717, 1.165) is 31.2 Å². The molecule has 27 heavy (non-hydrogen) atoms. The van der Waals surface area contributed by atoms with Crippen molar-refractivity contribution in [3.05, 3.63) is 29.8 Å². The first-order valence-corrected chi connectivity index (χ1v) is 10.9. The lowest BCUT2D eigenvalue weighted by Gasteiger charge is -2.34. The molecule has 1 aromatic carbocycles. The summed E-state index contributed by atoms with van der Waals surface area (Å²) >= 11 is 0. The van der Waals surface area contributed by atoms with E-state index in [2.05, 4.69) is 5.32 Å². The average Bonchev–Trinajstić information content (AvgIpc) is 3.21. The van der Waals surface area contributed by atoms with Crippen molar-refractivity contribution in [3.8, 4) is 0 Å². The molecule has 0 aromatic heterocycles. The lowest BCUT2D eigenvalue weighted by Crippen LogP contribution is -2.52. The van der Waals surface area contributed by atoms with Crippen LogP contribution in [0.5, 0.6) is 0 Å². The molecule has 1 heterocycles. The van der Waals surface area contributed by atoms with Gasteiger partial charge in [-0.3, -0.25) is 9.59 Å². The number of rotatable bonds is 5. The van der Waals surface area contributed by atoms with Crippen LogP contribution in [0.2, 0.25) is 0 Å². The van der Waals surface area contributed by atoms with Crippen LogP contribution in [-0.4, -0.2) is 62.2 Å². The van der Waals surface area contributed by atoms with Crippen LogP contribution < -0.4 is 5.32 Å². The van der Waals surface area contributed by atoms with Gasteiger partial charge in [-0.05, 0) is 31.9 Å². The molecule has 1 aliphatic carbocycles. The number of amides is 2. The predicted octanol–water partition coefficient (Wildman–Crippen LogP) is 1.13. The van der Waals surface area contributed by atoms with Gasteiger partial charge >= 0.3 is 0 Å². The number of carbonyl (C=O) groups is 2. The molecule has 2 aliphatic rings. The van der Waals surface area contributed by atoms with E-state index in [1.807, 2.05) is 6.92 Å². The van der Waals surface area contributed by atoms with Gasteiger partial charge in [-0.25, -0.2) is 8.42 Å². The molecule has 0 radical (unpaired) electrons. The highest BCUT2D eigenvalue weighted by Gasteiger charge is 2.30. The molecule has 3 rings (SSSR count). The van der Waals surface area contributed by atoms with Crippen LogP contribution in [-0.2, 0) is 19.6 Å². The minimum Gasteiger partial charge on any atom is -0.347 e. The maximum Gasteiger partial charge on any atom is 0.243 e. The zero-order valence-electron chi connectivity index (χ0n) is 15.7. The van der Waals surface area contributed by atoms with Crippen LogP contribution in [0.4, 0.5) is 0 Å². The number of aryl methyl sites for hydroxylation is 1. The van der Waals surface area contributed by atoms with Crippen LogP contribution in [0.3, 0.4) is 0 Å². The highest BCUT2D eigenvalue weighted by molar-refractivity contribution is 7.89. The highest BCUT2D eigenvalue weighted by atomic mass is 32.2. The number of carbonyl (C=O) groups excluding carboxylic acids is 2. The number of hydrogen-bond acceptors (Lipinski definition) is 4. The van der Waals surface area contributed by atoms with Gasteiger partial charge in [0.25, 0.3) is 0 Å². The van der Waals surface area contributed by atoms with Gasteiger partial charge < -0.3 is 10.2 Å². The van der Waals surface area contributed by atoms with Gasteiger partial charge in [0, 0.05) is 32.1 Å². The number of benzene rings is 1. The Morgan fingerprint density at radius 1 is 1.04 bits per heavy atom. The van der Waals surface area contributed by atoms with E-state index in [4.69, 9.17) is 0 Å². The summed E-state index contributed by atoms with van der Waals surface area (Å²) in [6, 6.07) is 6.78. The first-order valence-electron chi connectivity index (χ1n) is 9.50. The molecule has 148 valence electrons. The van der Waals surface area contributed by atoms with Crippen LogP contribution in [0.25, 0.3) is 0 Å². The maximum atomic E-state index is 12.7. The largest absolute Gasteiger partial charge is 0.347 e. The first-order chi connectivity index (χ1) is 12.9. The van der Waals surface area contributed by atoms with Crippen LogP contribution in [0, 0.1) is 12.8 Å². The van der Waals surface area contributed by atoms with Gasteiger partial charge in [0.2, 0.25) is 21.8 Å². The van der Waals surface area contributed by atoms with Crippen molar-refractivity contribution in [2.45, 2.75) is 37.5 Å². The summed E-state index contributed by atoms with van der Waals surface area (Å²) in [6.07, 6.45) is 3.94. The molecule has 1 N–H and O–H groups in total. The number of piperazine rings is 1. The fourth-order valence-corrected chi connectivity index (χ4v) is 5.07. The predicted molar refractivity (Wildman–Crippen MR) is 101 cm³/mol. The zero-order chi connectivity index (χ0) is 19.4. The molecule has 2 amide bonds. The summed E-state index contributed by atoms with van der Waals surface area (Å²) < 4.78 is 26.8. The van der Waals surface area contributed by atoms with Crippen molar-refractivity contribution in [1.82, 2.24) is 14.5 Å². The van der Waals surface area contributed by atoms with Crippen molar-refractivity contribution >= 4 is 21.8 Å². The Hall–Kier alpha value is -1.93. The fourth-order valence-electron chi connectivity index (χ4n) is 3.64. The Kier molecular flexibility index (Phi) is 6.16. The summed E-state index contributed by atoms with van der Waals surface area (Å²) in [5.74, 6) is -0.163. The number of nitrogens with one attached hydrogen (secondary N) is 1. The first kappa shape index (κ1) is 19.8. The molecule has 1 aliphatic heterocycles. The molecular formula is C19H27N3O4S. The molecule has 8 heteroatoms. The fraction of sp³-hybridized carbons (Fsp3) is 0.579. The van der Waals surface area contributed by atoms with Gasteiger partial charge in [-0.2, -0.15) is 4.31 Å². The van der Waals surface area contributed by atoms with E-state index in [1.165, 1.54) is 4.31 Å². The van der Waals surface area contributed by atoms with Gasteiger partial charge in [-0.1, -0.05) is 30.5 Å². The van der Waals surface area contributed by atoms with E-state index in [1.54, 1.807) is 29.2 Å². The second-order valence-corrected chi connectivity index (χ2v) is 9.24. The van der Waals surface area contributed by atoms with Crippen molar-refractivity contribution in [2.75, 3.05) is 32.7 Å². The van der Waals surface area contributed by atoms with Crippen molar-refractivity contribution in [3.63, 3.8) is 0 Å². The average molecular weight is 394 g/mol. The third-order valence-electron chi connectivity index (χ3n) is 5.39. The smallest absolute Gasteiger partial charge is 0.243 e. The Morgan fingerprint density at radius 3 is 2.22 bits per heavy atom. The number of sulfonamides is 1. The quantitative estimate of drug-likeness (QED) is 0.813. The Labute approximate surface area is 160 Å². The van der Waals surface area contributed by atoms with E-state index in [0.29, 0.717) is 13.1 Å². The molecule has 0 bridgehead atoms. The monoisotopic (exact) mass is 393 g/mol. The van der Waals surface area contributed by atoms with Crippen LogP contribution >= 0.6 is 0 Å². The summed E-state index contributed by atoms with van der Waals surface area (Å²) in [4.78, 5) is 26.2.